The van der Waals surface area contributed by atoms with E-state index in [1.54, 1.807) is 23.3 Å². The van der Waals surface area contributed by atoms with Gasteiger partial charge in [-0.05, 0) is 38.1 Å². The molecule has 0 saturated heterocycles. The highest BCUT2D eigenvalue weighted by Gasteiger charge is 2.26. The number of hydrogen-bond donors (Lipinski definition) is 1. The lowest BCUT2D eigenvalue weighted by Gasteiger charge is -2.34. The second kappa shape index (κ2) is 6.17. The predicted molar refractivity (Wildman–Crippen MR) is 71.2 cm³/mol. The lowest BCUT2D eigenvalue weighted by Crippen LogP contribution is -2.47. The normalized spacial score (nSPS) is 11.5. The van der Waals surface area contributed by atoms with Crippen LogP contribution in [0.5, 0.6) is 0 Å². The van der Waals surface area contributed by atoms with Crippen LogP contribution in [0.1, 0.15) is 31.6 Å². The molecule has 1 rings (SSSR count). The highest BCUT2D eigenvalue weighted by molar-refractivity contribution is 7.09. The third-order valence-electron chi connectivity index (χ3n) is 3.06. The molecular formula is C13H21NO2S. The first-order chi connectivity index (χ1) is 7.97. The summed E-state index contributed by atoms with van der Waals surface area (Å²) in [7, 11) is 1.75. The van der Waals surface area contributed by atoms with Gasteiger partial charge in [0.15, 0.2) is 0 Å². The Morgan fingerprint density at radius 2 is 2.24 bits per heavy atom. The van der Waals surface area contributed by atoms with Crippen LogP contribution in [0.2, 0.25) is 0 Å². The van der Waals surface area contributed by atoms with Crippen LogP contribution in [0, 0.1) is 0 Å². The van der Waals surface area contributed by atoms with Gasteiger partial charge in [-0.2, -0.15) is 0 Å². The van der Waals surface area contributed by atoms with E-state index in [0.717, 1.165) is 12.8 Å². The minimum absolute atomic E-state index is 0.0137. The SMILES string of the molecule is CN(C(=O)CCCc1cccs1)C(C)(C)CO. The standard InChI is InChI=1S/C13H21NO2S/c1-13(2,10-15)14(3)12(16)8-4-6-11-7-5-9-17-11/h5,7,9,15H,4,6,8,10H2,1-3H3. The van der Waals surface area contributed by atoms with Crippen molar-refractivity contribution in [2.45, 2.75) is 38.6 Å². The number of hydrogen-bond acceptors (Lipinski definition) is 3. The van der Waals surface area contributed by atoms with Gasteiger partial charge in [-0.1, -0.05) is 6.07 Å². The van der Waals surface area contributed by atoms with Crippen LogP contribution in [-0.2, 0) is 11.2 Å². The van der Waals surface area contributed by atoms with Gasteiger partial charge in [0.2, 0.25) is 5.91 Å². The maximum atomic E-state index is 11.9. The van der Waals surface area contributed by atoms with Gasteiger partial charge in [-0.25, -0.2) is 0 Å². The molecule has 1 aromatic heterocycles. The molecule has 17 heavy (non-hydrogen) atoms. The molecular weight excluding hydrogens is 234 g/mol. The molecule has 0 atom stereocenters. The predicted octanol–water partition coefficient (Wildman–Crippen LogP) is 2.30. The smallest absolute Gasteiger partial charge is 0.222 e. The Balaban J connectivity index is 2.34. The van der Waals surface area contributed by atoms with Crippen molar-refractivity contribution in [3.8, 4) is 0 Å². The van der Waals surface area contributed by atoms with Crippen LogP contribution in [0.3, 0.4) is 0 Å². The van der Waals surface area contributed by atoms with Crippen LogP contribution >= 0.6 is 11.3 Å². The van der Waals surface area contributed by atoms with Gasteiger partial charge in [0.25, 0.3) is 0 Å². The maximum Gasteiger partial charge on any atom is 0.222 e. The number of thiophene rings is 1. The fraction of sp³-hybridized carbons (Fsp3) is 0.615. The van der Waals surface area contributed by atoms with E-state index in [4.69, 9.17) is 0 Å². The molecule has 0 saturated carbocycles. The Morgan fingerprint density at radius 3 is 2.76 bits per heavy atom. The number of carbonyl (C=O) groups is 1. The summed E-state index contributed by atoms with van der Waals surface area (Å²) >= 11 is 1.73. The van der Waals surface area contributed by atoms with Crippen LogP contribution in [0.4, 0.5) is 0 Å². The molecule has 0 bridgehead atoms. The summed E-state index contributed by atoms with van der Waals surface area (Å²) in [6.07, 6.45) is 2.36. The van der Waals surface area contributed by atoms with E-state index in [9.17, 15) is 9.90 Å². The van der Waals surface area contributed by atoms with Crippen molar-refractivity contribution in [3.63, 3.8) is 0 Å². The number of carbonyl (C=O) groups excluding carboxylic acids is 1. The number of nitrogens with zero attached hydrogens (tertiary/aromatic N) is 1. The summed E-state index contributed by atoms with van der Waals surface area (Å²) < 4.78 is 0. The van der Waals surface area contributed by atoms with Gasteiger partial charge < -0.3 is 10.0 Å². The number of amides is 1. The van der Waals surface area contributed by atoms with E-state index < -0.39 is 5.54 Å². The van der Waals surface area contributed by atoms with Crippen molar-refractivity contribution < 1.29 is 9.90 Å². The quantitative estimate of drug-likeness (QED) is 0.847. The molecule has 0 spiro atoms. The van der Waals surface area contributed by atoms with Crippen molar-refractivity contribution in [1.29, 1.82) is 0 Å². The zero-order valence-corrected chi connectivity index (χ0v) is 11.6. The van der Waals surface area contributed by atoms with Gasteiger partial charge in [0.05, 0.1) is 12.1 Å². The first kappa shape index (κ1) is 14.2. The van der Waals surface area contributed by atoms with Gasteiger partial charge in [0, 0.05) is 18.3 Å². The lowest BCUT2D eigenvalue weighted by molar-refractivity contribution is -0.136. The summed E-state index contributed by atoms with van der Waals surface area (Å²) in [5, 5.41) is 11.3. The van der Waals surface area contributed by atoms with Gasteiger partial charge in [0.1, 0.15) is 0 Å². The van der Waals surface area contributed by atoms with Crippen LogP contribution in [0.15, 0.2) is 17.5 Å². The number of aryl methyl sites for hydroxylation is 1. The first-order valence-electron chi connectivity index (χ1n) is 5.87. The van der Waals surface area contributed by atoms with Crippen LogP contribution in [-0.4, -0.2) is 35.1 Å². The zero-order chi connectivity index (χ0) is 12.9. The van der Waals surface area contributed by atoms with Crippen molar-refractivity contribution in [2.24, 2.45) is 0 Å². The monoisotopic (exact) mass is 255 g/mol. The molecule has 0 radical (unpaired) electrons. The molecule has 0 unspecified atom stereocenters. The fourth-order valence-corrected chi connectivity index (χ4v) is 2.23. The Bertz CT molecular complexity index is 346. The lowest BCUT2D eigenvalue weighted by atomic mass is 10.0. The highest BCUT2D eigenvalue weighted by atomic mass is 32.1. The molecule has 0 fully saturated rings. The molecule has 1 aromatic rings. The molecule has 0 aliphatic carbocycles. The van der Waals surface area contributed by atoms with E-state index in [0.29, 0.717) is 6.42 Å². The van der Waals surface area contributed by atoms with Crippen molar-refractivity contribution in [1.82, 2.24) is 4.90 Å². The molecule has 1 N–H and O–H groups in total. The fourth-order valence-electron chi connectivity index (χ4n) is 1.48. The summed E-state index contributed by atoms with van der Waals surface area (Å²) in [6.45, 7) is 3.72. The minimum atomic E-state index is -0.472. The van der Waals surface area contributed by atoms with E-state index in [1.165, 1.54) is 4.88 Å². The number of likely N-dealkylation sites (N-methyl/N-ethyl adjacent to an activating group) is 1. The molecule has 1 amide bonds. The van der Waals surface area contributed by atoms with Crippen LogP contribution < -0.4 is 0 Å². The average Bonchev–Trinajstić information content (AvgIpc) is 2.80. The summed E-state index contributed by atoms with van der Waals surface area (Å²) in [5.41, 5.74) is -0.472. The summed E-state index contributed by atoms with van der Waals surface area (Å²) in [6, 6.07) is 4.12. The third-order valence-corrected chi connectivity index (χ3v) is 4.00. The van der Waals surface area contributed by atoms with Crippen molar-refractivity contribution >= 4 is 17.2 Å². The Hall–Kier alpha value is -0.870. The number of aliphatic hydroxyl groups is 1. The largest absolute Gasteiger partial charge is 0.394 e. The molecule has 1 heterocycles. The summed E-state index contributed by atoms with van der Waals surface area (Å²) in [5.74, 6) is 0.0978. The van der Waals surface area contributed by atoms with E-state index >= 15 is 0 Å². The van der Waals surface area contributed by atoms with E-state index in [2.05, 4.69) is 11.4 Å². The maximum absolute atomic E-state index is 11.9. The van der Waals surface area contributed by atoms with Gasteiger partial charge >= 0.3 is 0 Å². The molecule has 3 nitrogen and oxygen atoms in total. The van der Waals surface area contributed by atoms with Crippen LogP contribution in [0.25, 0.3) is 0 Å². The Morgan fingerprint density at radius 1 is 1.53 bits per heavy atom. The highest BCUT2D eigenvalue weighted by Crippen LogP contribution is 2.15. The minimum Gasteiger partial charge on any atom is -0.394 e. The molecule has 0 aromatic carbocycles. The van der Waals surface area contributed by atoms with E-state index in [-0.39, 0.29) is 12.5 Å². The van der Waals surface area contributed by atoms with Gasteiger partial charge in [-0.15, -0.1) is 11.3 Å². The van der Waals surface area contributed by atoms with Gasteiger partial charge in [-0.3, -0.25) is 4.79 Å². The van der Waals surface area contributed by atoms with Crippen molar-refractivity contribution in [3.05, 3.63) is 22.4 Å². The second-order valence-corrected chi connectivity index (χ2v) is 5.89. The third kappa shape index (κ3) is 4.13. The second-order valence-electron chi connectivity index (χ2n) is 4.86. The summed E-state index contributed by atoms with van der Waals surface area (Å²) in [4.78, 5) is 14.9. The first-order valence-corrected chi connectivity index (χ1v) is 6.75. The molecule has 0 aliphatic heterocycles. The molecule has 0 aliphatic rings. The average molecular weight is 255 g/mol. The molecule has 96 valence electrons. The van der Waals surface area contributed by atoms with Crippen molar-refractivity contribution in [2.75, 3.05) is 13.7 Å². The number of aliphatic hydroxyl groups excluding tert-OH is 1. The number of rotatable bonds is 6. The molecule has 4 heteroatoms. The Kier molecular flexibility index (Phi) is 5.15. The Labute approximate surface area is 107 Å². The topological polar surface area (TPSA) is 40.5 Å². The zero-order valence-electron chi connectivity index (χ0n) is 10.8. The van der Waals surface area contributed by atoms with E-state index in [1.807, 2.05) is 19.9 Å².